The second-order valence-electron chi connectivity index (χ2n) is 6.73. The van der Waals surface area contributed by atoms with Gasteiger partial charge < -0.3 is 11.5 Å². The summed E-state index contributed by atoms with van der Waals surface area (Å²) in [6.07, 6.45) is 1.85. The van der Waals surface area contributed by atoms with Crippen LogP contribution in [0.25, 0.3) is 0 Å². The molecular formula is C20H28N2. The lowest BCUT2D eigenvalue weighted by molar-refractivity contribution is 0.861. The number of hydrogen-bond donors (Lipinski definition) is 2. The third-order valence-electron chi connectivity index (χ3n) is 4.34. The first-order valence-corrected chi connectivity index (χ1v) is 8.15. The molecule has 0 fully saturated rings. The predicted octanol–water partition coefficient (Wildman–Crippen LogP) is 4.88. The van der Waals surface area contributed by atoms with Gasteiger partial charge in [-0.15, -0.1) is 0 Å². The summed E-state index contributed by atoms with van der Waals surface area (Å²) in [7, 11) is 0. The Labute approximate surface area is 134 Å². The van der Waals surface area contributed by atoms with Gasteiger partial charge in [0, 0.05) is 11.4 Å². The van der Waals surface area contributed by atoms with Crippen molar-refractivity contribution >= 4 is 11.4 Å². The average molecular weight is 296 g/mol. The Balaban J connectivity index is 2.10. The van der Waals surface area contributed by atoms with Gasteiger partial charge in [0.1, 0.15) is 0 Å². The quantitative estimate of drug-likeness (QED) is 0.772. The van der Waals surface area contributed by atoms with E-state index in [1.807, 2.05) is 0 Å². The lowest BCUT2D eigenvalue weighted by Crippen LogP contribution is -2.02. The van der Waals surface area contributed by atoms with Crippen LogP contribution in [0.5, 0.6) is 0 Å². The maximum Gasteiger partial charge on any atom is 0.0349 e. The van der Waals surface area contributed by atoms with E-state index in [0.29, 0.717) is 11.8 Å². The van der Waals surface area contributed by atoms with Crippen molar-refractivity contribution in [1.29, 1.82) is 0 Å². The van der Waals surface area contributed by atoms with Gasteiger partial charge in [0.2, 0.25) is 0 Å². The molecule has 0 heterocycles. The summed E-state index contributed by atoms with van der Waals surface area (Å²) in [6, 6.07) is 12.9. The van der Waals surface area contributed by atoms with Crippen LogP contribution in [0.4, 0.5) is 11.4 Å². The molecule has 0 spiro atoms. The topological polar surface area (TPSA) is 52.0 Å². The van der Waals surface area contributed by atoms with Crippen LogP contribution in [0.1, 0.15) is 61.8 Å². The average Bonchev–Trinajstić information content (AvgIpc) is 2.46. The van der Waals surface area contributed by atoms with Crippen molar-refractivity contribution in [2.45, 2.75) is 52.4 Å². The third-order valence-corrected chi connectivity index (χ3v) is 4.34. The fourth-order valence-electron chi connectivity index (χ4n) is 2.67. The van der Waals surface area contributed by atoms with Crippen LogP contribution in [0.15, 0.2) is 36.4 Å². The molecule has 0 unspecified atom stereocenters. The number of aryl methyl sites for hydroxylation is 2. The summed E-state index contributed by atoms with van der Waals surface area (Å²) in [5.74, 6) is 1.02. The zero-order chi connectivity index (χ0) is 16.3. The Kier molecular flexibility index (Phi) is 5.12. The molecule has 0 aliphatic heterocycles. The Morgan fingerprint density at radius 1 is 0.682 bits per heavy atom. The van der Waals surface area contributed by atoms with E-state index in [0.717, 1.165) is 24.2 Å². The Morgan fingerprint density at radius 3 is 1.32 bits per heavy atom. The van der Waals surface area contributed by atoms with Crippen molar-refractivity contribution < 1.29 is 0 Å². The molecule has 0 atom stereocenters. The third kappa shape index (κ3) is 3.82. The minimum Gasteiger partial charge on any atom is -0.398 e. The van der Waals surface area contributed by atoms with E-state index in [4.69, 9.17) is 11.5 Å². The van der Waals surface area contributed by atoms with Crippen LogP contribution in [-0.2, 0) is 12.8 Å². The van der Waals surface area contributed by atoms with Crippen LogP contribution in [0, 0.1) is 0 Å². The molecule has 2 aromatic rings. The fourth-order valence-corrected chi connectivity index (χ4v) is 2.67. The van der Waals surface area contributed by atoms with Crippen molar-refractivity contribution in [1.82, 2.24) is 0 Å². The van der Waals surface area contributed by atoms with Gasteiger partial charge in [0.15, 0.2) is 0 Å². The molecule has 2 rings (SSSR count). The summed E-state index contributed by atoms with van der Waals surface area (Å²) >= 11 is 0. The molecule has 118 valence electrons. The van der Waals surface area contributed by atoms with Gasteiger partial charge in [-0.2, -0.15) is 0 Å². The van der Waals surface area contributed by atoms with Gasteiger partial charge in [0.25, 0.3) is 0 Å². The lowest BCUT2D eigenvalue weighted by Gasteiger charge is -2.13. The van der Waals surface area contributed by atoms with E-state index in [2.05, 4.69) is 64.1 Å². The van der Waals surface area contributed by atoms with Crippen molar-refractivity contribution in [3.8, 4) is 0 Å². The molecule has 2 heteroatoms. The fraction of sp³-hybridized carbons (Fsp3) is 0.400. The van der Waals surface area contributed by atoms with E-state index in [9.17, 15) is 0 Å². The molecule has 0 aliphatic carbocycles. The number of benzene rings is 2. The van der Waals surface area contributed by atoms with Crippen LogP contribution in [0.3, 0.4) is 0 Å². The number of rotatable bonds is 5. The first kappa shape index (κ1) is 16.4. The summed E-state index contributed by atoms with van der Waals surface area (Å²) in [6.45, 7) is 8.74. The number of anilines is 2. The second kappa shape index (κ2) is 6.87. The molecule has 0 saturated heterocycles. The highest BCUT2D eigenvalue weighted by Gasteiger charge is 2.07. The van der Waals surface area contributed by atoms with E-state index in [-0.39, 0.29) is 0 Å². The van der Waals surface area contributed by atoms with Gasteiger partial charge in [-0.3, -0.25) is 0 Å². The number of nitrogen functional groups attached to an aromatic ring is 2. The highest BCUT2D eigenvalue weighted by molar-refractivity contribution is 5.53. The van der Waals surface area contributed by atoms with Crippen molar-refractivity contribution in [3.05, 3.63) is 58.7 Å². The Bertz CT molecular complexity index is 585. The van der Waals surface area contributed by atoms with Crippen LogP contribution in [0.2, 0.25) is 0 Å². The highest BCUT2D eigenvalue weighted by Crippen LogP contribution is 2.24. The van der Waals surface area contributed by atoms with Crippen molar-refractivity contribution in [3.63, 3.8) is 0 Å². The molecule has 0 aromatic heterocycles. The molecule has 0 aliphatic rings. The molecule has 4 N–H and O–H groups in total. The summed E-state index contributed by atoms with van der Waals surface area (Å²) in [4.78, 5) is 0. The smallest absolute Gasteiger partial charge is 0.0349 e. The molecule has 0 saturated carbocycles. The zero-order valence-electron chi connectivity index (χ0n) is 14.2. The lowest BCUT2D eigenvalue weighted by atomic mass is 9.95. The van der Waals surface area contributed by atoms with Crippen LogP contribution >= 0.6 is 0 Å². The van der Waals surface area contributed by atoms with E-state index >= 15 is 0 Å². The summed E-state index contributed by atoms with van der Waals surface area (Å²) in [5, 5.41) is 0. The molecular weight excluding hydrogens is 268 g/mol. The second-order valence-corrected chi connectivity index (χ2v) is 6.73. The molecule has 0 amide bonds. The van der Waals surface area contributed by atoms with Crippen molar-refractivity contribution in [2.75, 3.05) is 11.5 Å². The maximum atomic E-state index is 6.19. The minimum absolute atomic E-state index is 0.510. The number of nitrogens with two attached hydrogens (primary N) is 2. The van der Waals surface area contributed by atoms with Crippen LogP contribution < -0.4 is 11.5 Å². The van der Waals surface area contributed by atoms with E-state index in [1.165, 1.54) is 22.3 Å². The highest BCUT2D eigenvalue weighted by atomic mass is 14.6. The first-order valence-electron chi connectivity index (χ1n) is 8.15. The van der Waals surface area contributed by atoms with Gasteiger partial charge in [-0.05, 0) is 59.1 Å². The predicted molar refractivity (Wildman–Crippen MR) is 97.3 cm³/mol. The van der Waals surface area contributed by atoms with Crippen LogP contribution in [-0.4, -0.2) is 0 Å². The minimum atomic E-state index is 0.510. The standard InChI is InChI=1S/C20H28N2/c1-13(2)17-9-7-15(19(21)11-17)5-6-16-8-10-18(14(3)4)12-20(16)22/h7-14H,5-6,21-22H2,1-4H3. The molecule has 22 heavy (non-hydrogen) atoms. The molecule has 2 aromatic carbocycles. The first-order chi connectivity index (χ1) is 10.4. The Morgan fingerprint density at radius 2 is 1.05 bits per heavy atom. The monoisotopic (exact) mass is 296 g/mol. The molecule has 0 radical (unpaired) electrons. The molecule has 0 bridgehead atoms. The van der Waals surface area contributed by atoms with E-state index in [1.54, 1.807) is 0 Å². The van der Waals surface area contributed by atoms with E-state index < -0.39 is 0 Å². The summed E-state index contributed by atoms with van der Waals surface area (Å²) < 4.78 is 0. The Hall–Kier alpha value is -1.96. The van der Waals surface area contributed by atoms with Gasteiger partial charge in [-0.1, -0.05) is 52.0 Å². The molecule has 2 nitrogen and oxygen atoms in total. The van der Waals surface area contributed by atoms with Gasteiger partial charge in [-0.25, -0.2) is 0 Å². The largest absolute Gasteiger partial charge is 0.398 e. The maximum absolute atomic E-state index is 6.19. The van der Waals surface area contributed by atoms with Gasteiger partial charge >= 0.3 is 0 Å². The normalized spacial score (nSPS) is 11.4. The van der Waals surface area contributed by atoms with Crippen molar-refractivity contribution in [2.24, 2.45) is 0 Å². The summed E-state index contributed by atoms with van der Waals surface area (Å²) in [5.41, 5.74) is 19.2. The van der Waals surface area contributed by atoms with Gasteiger partial charge in [0.05, 0.1) is 0 Å². The zero-order valence-corrected chi connectivity index (χ0v) is 14.2. The SMILES string of the molecule is CC(C)c1ccc(CCc2ccc(C(C)C)cc2N)c(N)c1. The number of hydrogen-bond acceptors (Lipinski definition) is 2.